The summed E-state index contributed by atoms with van der Waals surface area (Å²) in [6.07, 6.45) is 2.00. The minimum absolute atomic E-state index is 0.130. The van der Waals surface area contributed by atoms with Gasteiger partial charge in [-0.2, -0.15) is 0 Å². The number of rotatable bonds is 5. The second-order valence-corrected chi connectivity index (χ2v) is 11.3. The Balaban J connectivity index is 1.22. The number of nitrogens with one attached hydrogen (secondary N) is 2. The Morgan fingerprint density at radius 1 is 1.05 bits per heavy atom. The quantitative estimate of drug-likeness (QED) is 0.560. The number of imide groups is 1. The molecule has 3 saturated heterocycles. The van der Waals surface area contributed by atoms with Crippen molar-refractivity contribution in [1.82, 2.24) is 20.4 Å². The van der Waals surface area contributed by atoms with Crippen LogP contribution < -0.4 is 15.5 Å². The first-order valence-corrected chi connectivity index (χ1v) is 13.4. The highest BCUT2D eigenvalue weighted by molar-refractivity contribution is 6.03. The molecule has 0 spiro atoms. The lowest BCUT2D eigenvalue weighted by molar-refractivity contribution is -0.134. The topological polar surface area (TPSA) is 111 Å². The van der Waals surface area contributed by atoms with Crippen LogP contribution in [-0.4, -0.2) is 91.1 Å². The third-order valence-corrected chi connectivity index (χ3v) is 7.26. The van der Waals surface area contributed by atoms with Crippen molar-refractivity contribution in [3.05, 3.63) is 29.6 Å². The number of anilines is 1. The van der Waals surface area contributed by atoms with E-state index >= 15 is 0 Å². The van der Waals surface area contributed by atoms with Gasteiger partial charge in [-0.15, -0.1) is 0 Å². The monoisotopic (exact) mass is 531 g/mol. The fourth-order valence-electron chi connectivity index (χ4n) is 5.13. The van der Waals surface area contributed by atoms with Gasteiger partial charge in [0.1, 0.15) is 17.5 Å². The maximum absolute atomic E-state index is 14.8. The first kappa shape index (κ1) is 27.8. The average Bonchev–Trinajstić information content (AvgIpc) is 2.85. The van der Waals surface area contributed by atoms with Crippen LogP contribution in [0, 0.1) is 11.7 Å². The number of likely N-dealkylation sites (tertiary alicyclic amines) is 1. The van der Waals surface area contributed by atoms with Crippen LogP contribution in [0.15, 0.2) is 18.2 Å². The number of halogens is 1. The molecule has 208 valence electrons. The summed E-state index contributed by atoms with van der Waals surface area (Å²) in [5, 5.41) is 4.69. The van der Waals surface area contributed by atoms with Crippen molar-refractivity contribution in [2.75, 3.05) is 50.7 Å². The molecule has 0 radical (unpaired) electrons. The first-order chi connectivity index (χ1) is 18.0. The van der Waals surface area contributed by atoms with Gasteiger partial charge < -0.3 is 19.9 Å². The normalized spacial score (nSPS) is 21.7. The van der Waals surface area contributed by atoms with Gasteiger partial charge in [0.05, 0.1) is 5.56 Å². The number of benzene rings is 1. The summed E-state index contributed by atoms with van der Waals surface area (Å²) in [5.74, 6) is -1.74. The number of carbonyl (C=O) groups excluding carboxylic acids is 4. The SMILES string of the molecule is CC(C)(C)OC(=O)N1CCC(CN2CCN(c3ccc(C(=O)N[C@H]4CCC(=O)NC4=O)c(F)c3)CC2)CC1. The smallest absolute Gasteiger partial charge is 0.410 e. The molecular weight excluding hydrogens is 493 g/mol. The third-order valence-electron chi connectivity index (χ3n) is 7.26. The van der Waals surface area contributed by atoms with Crippen molar-refractivity contribution in [3.63, 3.8) is 0 Å². The Kier molecular flexibility index (Phi) is 8.54. The molecular formula is C27H38FN5O5. The van der Waals surface area contributed by atoms with Gasteiger partial charge in [-0.05, 0) is 64.2 Å². The van der Waals surface area contributed by atoms with E-state index in [-0.39, 0.29) is 30.4 Å². The van der Waals surface area contributed by atoms with Gasteiger partial charge >= 0.3 is 6.09 Å². The molecule has 3 heterocycles. The number of ether oxygens (including phenoxy) is 1. The molecule has 0 saturated carbocycles. The van der Waals surface area contributed by atoms with E-state index in [1.54, 1.807) is 11.0 Å². The minimum Gasteiger partial charge on any atom is -0.444 e. The lowest BCUT2D eigenvalue weighted by atomic mass is 9.96. The molecule has 1 aromatic carbocycles. The van der Waals surface area contributed by atoms with Crippen LogP contribution in [0.4, 0.5) is 14.9 Å². The molecule has 4 rings (SSSR count). The number of amides is 4. The summed E-state index contributed by atoms with van der Waals surface area (Å²) in [5.41, 5.74) is 0.0964. The summed E-state index contributed by atoms with van der Waals surface area (Å²) >= 11 is 0. The second kappa shape index (κ2) is 11.7. The Bertz CT molecular complexity index is 1060. The standard InChI is InChI=1S/C27H38FN5O5/c1-27(2,3)38-26(37)33-10-8-18(9-11-33)17-31-12-14-32(15-13-31)19-4-5-20(21(28)16-19)24(35)29-22-6-7-23(34)30-25(22)36/h4-5,16,18,22H,6-15,17H2,1-3H3,(H,29,35)(H,30,34,36)/t22-/m0/s1. The number of carbonyl (C=O) groups is 4. The Hall–Kier alpha value is -3.21. The second-order valence-electron chi connectivity index (χ2n) is 11.3. The van der Waals surface area contributed by atoms with Gasteiger partial charge in [0, 0.05) is 57.9 Å². The fraction of sp³-hybridized carbons (Fsp3) is 0.630. The zero-order valence-electron chi connectivity index (χ0n) is 22.4. The van der Waals surface area contributed by atoms with Crippen molar-refractivity contribution < 1.29 is 28.3 Å². The van der Waals surface area contributed by atoms with Gasteiger partial charge in [-0.3, -0.25) is 24.6 Å². The Labute approximate surface area is 222 Å². The molecule has 1 aromatic rings. The van der Waals surface area contributed by atoms with Crippen LogP contribution in [0.25, 0.3) is 0 Å². The number of nitrogens with zero attached hydrogens (tertiary/aromatic N) is 3. The molecule has 4 amide bonds. The molecule has 1 atom stereocenters. The van der Waals surface area contributed by atoms with Crippen molar-refractivity contribution in [2.45, 2.75) is 58.1 Å². The van der Waals surface area contributed by atoms with E-state index in [2.05, 4.69) is 20.4 Å². The fourth-order valence-corrected chi connectivity index (χ4v) is 5.13. The molecule has 3 fully saturated rings. The number of piperazine rings is 1. The van der Waals surface area contributed by atoms with Gasteiger partial charge in [0.15, 0.2) is 0 Å². The minimum atomic E-state index is -0.850. The van der Waals surface area contributed by atoms with E-state index in [0.29, 0.717) is 24.7 Å². The van der Waals surface area contributed by atoms with Crippen molar-refractivity contribution in [2.24, 2.45) is 5.92 Å². The third kappa shape index (κ3) is 7.21. The van der Waals surface area contributed by atoms with E-state index in [9.17, 15) is 23.6 Å². The first-order valence-electron chi connectivity index (χ1n) is 13.4. The van der Waals surface area contributed by atoms with E-state index in [1.165, 1.54) is 12.1 Å². The zero-order chi connectivity index (χ0) is 27.4. The van der Waals surface area contributed by atoms with Crippen molar-refractivity contribution in [1.29, 1.82) is 0 Å². The molecule has 38 heavy (non-hydrogen) atoms. The van der Waals surface area contributed by atoms with Gasteiger partial charge in [0.2, 0.25) is 11.8 Å². The van der Waals surface area contributed by atoms with Crippen LogP contribution >= 0.6 is 0 Å². The van der Waals surface area contributed by atoms with Crippen LogP contribution in [-0.2, 0) is 14.3 Å². The van der Waals surface area contributed by atoms with E-state index in [1.807, 2.05) is 20.8 Å². The van der Waals surface area contributed by atoms with Gasteiger partial charge in [0.25, 0.3) is 5.91 Å². The highest BCUT2D eigenvalue weighted by Crippen LogP contribution is 2.24. The van der Waals surface area contributed by atoms with Crippen LogP contribution in [0.3, 0.4) is 0 Å². The van der Waals surface area contributed by atoms with E-state index < -0.39 is 29.3 Å². The number of hydrogen-bond acceptors (Lipinski definition) is 7. The molecule has 10 nitrogen and oxygen atoms in total. The molecule has 0 bridgehead atoms. The summed E-state index contributed by atoms with van der Waals surface area (Å²) in [7, 11) is 0. The van der Waals surface area contributed by atoms with E-state index in [0.717, 1.165) is 45.6 Å². The Morgan fingerprint density at radius 2 is 1.74 bits per heavy atom. The molecule has 0 aromatic heterocycles. The van der Waals surface area contributed by atoms with Crippen molar-refractivity contribution in [3.8, 4) is 0 Å². The molecule has 11 heteroatoms. The van der Waals surface area contributed by atoms with E-state index in [4.69, 9.17) is 4.74 Å². The average molecular weight is 532 g/mol. The largest absolute Gasteiger partial charge is 0.444 e. The summed E-state index contributed by atoms with van der Waals surface area (Å²) in [6, 6.07) is 3.68. The van der Waals surface area contributed by atoms with Gasteiger partial charge in [-0.25, -0.2) is 9.18 Å². The lowest BCUT2D eigenvalue weighted by Crippen LogP contribution is -2.52. The zero-order valence-corrected chi connectivity index (χ0v) is 22.4. The van der Waals surface area contributed by atoms with Crippen LogP contribution in [0.1, 0.15) is 56.8 Å². The van der Waals surface area contributed by atoms with Crippen molar-refractivity contribution >= 4 is 29.5 Å². The maximum Gasteiger partial charge on any atom is 0.410 e. The highest BCUT2D eigenvalue weighted by Gasteiger charge is 2.30. The predicted octanol–water partition coefficient (Wildman–Crippen LogP) is 2.13. The molecule has 2 N–H and O–H groups in total. The number of piperidine rings is 2. The summed E-state index contributed by atoms with van der Waals surface area (Å²) in [6.45, 7) is 11.2. The highest BCUT2D eigenvalue weighted by atomic mass is 19.1. The lowest BCUT2D eigenvalue weighted by Gasteiger charge is -2.39. The van der Waals surface area contributed by atoms with Crippen LogP contribution in [0.5, 0.6) is 0 Å². The summed E-state index contributed by atoms with van der Waals surface area (Å²) in [4.78, 5) is 54.3. The molecule has 3 aliphatic heterocycles. The van der Waals surface area contributed by atoms with Crippen LogP contribution in [0.2, 0.25) is 0 Å². The maximum atomic E-state index is 14.8. The molecule has 0 unspecified atom stereocenters. The summed E-state index contributed by atoms with van der Waals surface area (Å²) < 4.78 is 20.3. The predicted molar refractivity (Wildman–Crippen MR) is 139 cm³/mol. The van der Waals surface area contributed by atoms with Gasteiger partial charge in [-0.1, -0.05) is 0 Å². The number of hydrogen-bond donors (Lipinski definition) is 2. The Morgan fingerprint density at radius 3 is 2.34 bits per heavy atom. The molecule has 0 aliphatic carbocycles. The molecule has 3 aliphatic rings.